The third-order valence-electron chi connectivity index (χ3n) is 4.58. The molecule has 1 aliphatic rings. The number of benzene rings is 1. The first-order chi connectivity index (χ1) is 12.6. The van der Waals surface area contributed by atoms with Crippen LogP contribution in [-0.2, 0) is 16.8 Å². The summed E-state index contributed by atoms with van der Waals surface area (Å²) in [6, 6.07) is 9.29. The highest BCUT2D eigenvalue weighted by Crippen LogP contribution is 2.28. The Morgan fingerprint density at radius 1 is 1.26 bits per heavy atom. The molecule has 3 rings (SSSR count). The van der Waals surface area contributed by atoms with E-state index in [0.717, 1.165) is 17.1 Å². The van der Waals surface area contributed by atoms with Gasteiger partial charge in [-0.15, -0.1) is 0 Å². The number of nitrogens with zero attached hydrogens (tertiary/aromatic N) is 3. The summed E-state index contributed by atoms with van der Waals surface area (Å²) in [6.45, 7) is 6.48. The van der Waals surface area contributed by atoms with Crippen LogP contribution in [0.25, 0.3) is 0 Å². The number of nitrogens with one attached hydrogen (secondary N) is 1. The summed E-state index contributed by atoms with van der Waals surface area (Å²) >= 11 is 1.47. The second-order valence-electron chi connectivity index (χ2n) is 8.06. The highest BCUT2D eigenvalue weighted by Gasteiger charge is 2.28. The molecule has 0 saturated carbocycles. The zero-order valence-corrected chi connectivity index (χ0v) is 17.3. The number of carbonyl (C=O) groups excluding carboxylic acids is 1. The normalized spacial score (nSPS) is 16.6. The lowest BCUT2D eigenvalue weighted by Gasteiger charge is -2.26. The van der Waals surface area contributed by atoms with E-state index in [4.69, 9.17) is 0 Å². The lowest BCUT2D eigenvalue weighted by Crippen LogP contribution is -2.37. The molecule has 7 heteroatoms. The van der Waals surface area contributed by atoms with Crippen molar-refractivity contribution in [2.45, 2.75) is 37.9 Å². The molecule has 0 radical (unpaired) electrons. The summed E-state index contributed by atoms with van der Waals surface area (Å²) in [5, 5.41) is 3.66. The van der Waals surface area contributed by atoms with Crippen LogP contribution in [0.4, 0.5) is 11.4 Å². The van der Waals surface area contributed by atoms with Gasteiger partial charge in [-0.1, -0.05) is 32.5 Å². The highest BCUT2D eigenvalue weighted by atomic mass is 32.2. The maximum absolute atomic E-state index is 12.7. The first-order valence-electron chi connectivity index (χ1n) is 8.98. The van der Waals surface area contributed by atoms with Gasteiger partial charge in [-0.2, -0.15) is 0 Å². The van der Waals surface area contributed by atoms with Gasteiger partial charge < -0.3 is 10.2 Å². The van der Waals surface area contributed by atoms with E-state index in [1.54, 1.807) is 10.6 Å². The number of rotatable bonds is 3. The molecule has 1 aromatic heterocycles. The van der Waals surface area contributed by atoms with Gasteiger partial charge in [0.2, 0.25) is 5.91 Å². The molecule has 0 aliphatic carbocycles. The number of hydrogen-bond acceptors (Lipinski definition) is 5. The van der Waals surface area contributed by atoms with Gasteiger partial charge in [-0.3, -0.25) is 14.2 Å². The summed E-state index contributed by atoms with van der Waals surface area (Å²) in [4.78, 5) is 31.8. The van der Waals surface area contributed by atoms with E-state index in [0.29, 0.717) is 17.5 Å². The van der Waals surface area contributed by atoms with Gasteiger partial charge in [0.15, 0.2) is 5.16 Å². The Morgan fingerprint density at radius 3 is 2.52 bits per heavy atom. The van der Waals surface area contributed by atoms with Crippen molar-refractivity contribution in [1.82, 2.24) is 9.55 Å². The predicted octanol–water partition coefficient (Wildman–Crippen LogP) is 2.97. The van der Waals surface area contributed by atoms with Gasteiger partial charge >= 0.3 is 0 Å². The lowest BCUT2D eigenvalue weighted by molar-refractivity contribution is -0.119. The van der Waals surface area contributed by atoms with E-state index in [-0.39, 0.29) is 22.8 Å². The second kappa shape index (κ2) is 7.38. The SMILES string of the molecule is CN(C)c1ccc(NC(=O)C2CSc3nc(C(C)(C)C)cc(=O)n3C2)cc1. The van der Waals surface area contributed by atoms with E-state index in [1.807, 2.05) is 64.0 Å². The molecular formula is C20H26N4O2S. The van der Waals surface area contributed by atoms with E-state index < -0.39 is 0 Å². The lowest BCUT2D eigenvalue weighted by atomic mass is 9.92. The molecule has 1 N–H and O–H groups in total. The van der Waals surface area contributed by atoms with E-state index >= 15 is 0 Å². The smallest absolute Gasteiger partial charge is 0.254 e. The molecule has 0 spiro atoms. The Balaban J connectivity index is 1.74. The van der Waals surface area contributed by atoms with Crippen molar-refractivity contribution in [2.24, 2.45) is 5.92 Å². The van der Waals surface area contributed by atoms with Gasteiger partial charge in [-0.05, 0) is 24.3 Å². The number of amides is 1. The monoisotopic (exact) mass is 386 g/mol. The molecule has 1 aromatic carbocycles. The number of hydrogen-bond donors (Lipinski definition) is 1. The Hall–Kier alpha value is -2.28. The molecule has 1 unspecified atom stereocenters. The Bertz CT molecular complexity index is 898. The van der Waals surface area contributed by atoms with Crippen LogP contribution >= 0.6 is 11.8 Å². The van der Waals surface area contributed by atoms with Crippen molar-refractivity contribution in [2.75, 3.05) is 30.1 Å². The summed E-state index contributed by atoms with van der Waals surface area (Å²) in [7, 11) is 3.95. The minimum atomic E-state index is -0.268. The van der Waals surface area contributed by atoms with Crippen LogP contribution in [-0.4, -0.2) is 35.3 Å². The number of thioether (sulfide) groups is 1. The first-order valence-corrected chi connectivity index (χ1v) is 9.97. The van der Waals surface area contributed by atoms with E-state index in [2.05, 4.69) is 10.3 Å². The summed E-state index contributed by atoms with van der Waals surface area (Å²) in [5.74, 6) is 0.273. The average Bonchev–Trinajstić information content (AvgIpc) is 2.61. The Labute approximate surface area is 164 Å². The minimum Gasteiger partial charge on any atom is -0.378 e. The van der Waals surface area contributed by atoms with Crippen molar-refractivity contribution in [3.8, 4) is 0 Å². The molecule has 0 bridgehead atoms. The zero-order chi connectivity index (χ0) is 19.8. The van der Waals surface area contributed by atoms with Crippen molar-refractivity contribution >= 4 is 29.0 Å². The molecule has 6 nitrogen and oxygen atoms in total. The number of aromatic nitrogens is 2. The molecule has 1 aliphatic heterocycles. The maximum Gasteiger partial charge on any atom is 0.254 e. The summed E-state index contributed by atoms with van der Waals surface area (Å²) < 4.78 is 1.61. The Morgan fingerprint density at radius 2 is 1.93 bits per heavy atom. The highest BCUT2D eigenvalue weighted by molar-refractivity contribution is 7.99. The van der Waals surface area contributed by atoms with Crippen molar-refractivity contribution in [3.63, 3.8) is 0 Å². The molecule has 1 atom stereocenters. The van der Waals surface area contributed by atoms with Crippen molar-refractivity contribution in [1.29, 1.82) is 0 Å². The topological polar surface area (TPSA) is 67.2 Å². The molecule has 0 saturated heterocycles. The largest absolute Gasteiger partial charge is 0.378 e. The third-order valence-corrected chi connectivity index (χ3v) is 5.72. The minimum absolute atomic E-state index is 0.0717. The number of anilines is 2. The van der Waals surface area contributed by atoms with Crippen LogP contribution in [0.1, 0.15) is 26.5 Å². The van der Waals surface area contributed by atoms with Gasteiger partial charge in [-0.25, -0.2) is 4.98 Å². The number of fused-ring (bicyclic) bond motifs is 1. The second-order valence-corrected chi connectivity index (χ2v) is 9.05. The van der Waals surface area contributed by atoms with Crippen LogP contribution in [0.2, 0.25) is 0 Å². The molecule has 1 amide bonds. The van der Waals surface area contributed by atoms with Crippen molar-refractivity contribution in [3.05, 3.63) is 46.4 Å². The van der Waals surface area contributed by atoms with Gasteiger partial charge in [0.25, 0.3) is 5.56 Å². The van der Waals surface area contributed by atoms with Crippen molar-refractivity contribution < 1.29 is 4.79 Å². The fraction of sp³-hybridized carbons (Fsp3) is 0.450. The molecular weight excluding hydrogens is 360 g/mol. The van der Waals surface area contributed by atoms with Gasteiger partial charge in [0.05, 0.1) is 11.6 Å². The molecule has 144 valence electrons. The van der Waals surface area contributed by atoms with Gasteiger partial charge in [0, 0.05) is 49.2 Å². The van der Waals surface area contributed by atoms with Crippen LogP contribution in [0.15, 0.2) is 40.3 Å². The fourth-order valence-electron chi connectivity index (χ4n) is 2.84. The van der Waals surface area contributed by atoms with Crippen LogP contribution in [0, 0.1) is 5.92 Å². The first kappa shape index (κ1) is 19.5. The molecule has 2 heterocycles. The average molecular weight is 387 g/mol. The molecule has 27 heavy (non-hydrogen) atoms. The Kier molecular flexibility index (Phi) is 5.33. The summed E-state index contributed by atoms with van der Waals surface area (Å²) in [6.07, 6.45) is 0. The quantitative estimate of drug-likeness (QED) is 0.822. The van der Waals surface area contributed by atoms with Crippen LogP contribution in [0.3, 0.4) is 0 Å². The van der Waals surface area contributed by atoms with Crippen LogP contribution < -0.4 is 15.8 Å². The van der Waals surface area contributed by atoms with Gasteiger partial charge in [0.1, 0.15) is 0 Å². The third kappa shape index (κ3) is 4.35. The van der Waals surface area contributed by atoms with E-state index in [1.165, 1.54) is 11.8 Å². The maximum atomic E-state index is 12.7. The van der Waals surface area contributed by atoms with Crippen LogP contribution in [0.5, 0.6) is 0 Å². The van der Waals surface area contributed by atoms with E-state index in [9.17, 15) is 9.59 Å². The summed E-state index contributed by atoms with van der Waals surface area (Å²) in [5.41, 5.74) is 2.35. The molecule has 0 fully saturated rings. The molecule has 2 aromatic rings. The zero-order valence-electron chi connectivity index (χ0n) is 16.4. The predicted molar refractivity (Wildman–Crippen MR) is 111 cm³/mol. The fourth-order valence-corrected chi connectivity index (χ4v) is 3.93. The standard InChI is InChI=1S/C20H26N4O2S/c1-20(2,3)16-10-17(25)24-11-13(12-27-19(24)22-16)18(26)21-14-6-8-15(9-7-14)23(4)5/h6-10,13H,11-12H2,1-5H3,(H,21,26). The number of carbonyl (C=O) groups is 1.